The summed E-state index contributed by atoms with van der Waals surface area (Å²) in [6.45, 7) is 12.4. The molecule has 3 N–H and O–H groups in total. The topological polar surface area (TPSA) is 116 Å². The second-order valence-corrected chi connectivity index (χ2v) is 4.02. The van der Waals surface area contributed by atoms with E-state index in [1.807, 2.05) is 0 Å². The van der Waals surface area contributed by atoms with Gasteiger partial charge in [-0.1, -0.05) is 19.7 Å². The lowest BCUT2D eigenvalue weighted by molar-refractivity contribution is -0.147. The molecule has 0 radical (unpaired) electrons. The molecule has 0 aliphatic rings. The van der Waals surface area contributed by atoms with E-state index >= 15 is 0 Å². The maximum Gasteiger partial charge on any atom is 0.333 e. The molecule has 0 aromatic heterocycles. The first kappa shape index (κ1) is 20.9. The predicted octanol–water partition coefficient (Wildman–Crippen LogP) is 0.244. The fraction of sp³-hybridized carbons (Fsp3) is 0.357. The normalized spacial score (nSPS) is 8.95. The second-order valence-electron chi connectivity index (χ2n) is 4.02. The van der Waals surface area contributed by atoms with Crippen LogP contribution in [0.15, 0.2) is 37.0 Å². The maximum absolute atomic E-state index is 10.9. The van der Waals surface area contributed by atoms with Crippen molar-refractivity contribution >= 4 is 17.8 Å². The molecule has 0 unspecified atom stereocenters. The van der Waals surface area contributed by atoms with Crippen LogP contribution in [0.4, 0.5) is 0 Å². The van der Waals surface area contributed by atoms with Crippen molar-refractivity contribution in [2.75, 3.05) is 13.2 Å². The number of carbonyl (C=O) groups excluding carboxylic acids is 3. The van der Waals surface area contributed by atoms with Crippen LogP contribution in [-0.4, -0.2) is 42.3 Å². The molecule has 0 aliphatic heterocycles. The highest BCUT2D eigenvalue weighted by Gasteiger charge is 2.12. The molecule has 0 saturated carbocycles. The Balaban J connectivity index is 0. The zero-order chi connectivity index (χ0) is 17.0. The number of hydrogen-bond donors (Lipinski definition) is 2. The molecule has 0 fully saturated rings. The van der Waals surface area contributed by atoms with E-state index in [9.17, 15) is 19.5 Å². The van der Waals surface area contributed by atoms with Crippen LogP contribution < -0.4 is 5.73 Å². The fourth-order valence-electron chi connectivity index (χ4n) is 0.638. The van der Waals surface area contributed by atoms with Crippen LogP contribution in [0.3, 0.4) is 0 Å². The smallest absolute Gasteiger partial charge is 0.333 e. The molecule has 0 aliphatic carbocycles. The highest BCUT2D eigenvalue weighted by atomic mass is 16.6. The largest absolute Gasteiger partial charge is 0.459 e. The van der Waals surface area contributed by atoms with Crippen molar-refractivity contribution in [2.24, 2.45) is 5.73 Å². The molecule has 0 rings (SSSR count). The summed E-state index contributed by atoms with van der Waals surface area (Å²) in [7, 11) is 0. The Kier molecular flexibility index (Phi) is 11.4. The lowest BCUT2D eigenvalue weighted by Gasteiger charge is -2.11. The quantitative estimate of drug-likeness (QED) is 0.514. The van der Waals surface area contributed by atoms with Gasteiger partial charge >= 0.3 is 11.9 Å². The van der Waals surface area contributed by atoms with Gasteiger partial charge in [0.2, 0.25) is 5.91 Å². The number of primary amides is 1. The Morgan fingerprint density at radius 1 is 1.10 bits per heavy atom. The van der Waals surface area contributed by atoms with E-state index in [1.165, 1.54) is 13.8 Å². The summed E-state index contributed by atoms with van der Waals surface area (Å²) < 4.78 is 9.31. The highest BCUT2D eigenvalue weighted by Crippen LogP contribution is 1.97. The minimum Gasteiger partial charge on any atom is -0.459 e. The zero-order valence-electron chi connectivity index (χ0n) is 12.3. The van der Waals surface area contributed by atoms with Gasteiger partial charge in [-0.2, -0.15) is 0 Å². The van der Waals surface area contributed by atoms with E-state index in [0.29, 0.717) is 0 Å². The third-order valence-electron chi connectivity index (χ3n) is 1.71. The number of rotatable bonds is 7. The Morgan fingerprint density at radius 2 is 1.38 bits per heavy atom. The molecular formula is C14H21NO6. The SMILES string of the molecule is C=C(C)C(=O)OCC(O)COC(=O)C(=C)C.C=CC(N)=O. The van der Waals surface area contributed by atoms with Gasteiger partial charge in [0.05, 0.1) is 0 Å². The molecule has 0 atom stereocenters. The minimum atomic E-state index is -1.05. The summed E-state index contributed by atoms with van der Waals surface area (Å²) in [4.78, 5) is 31.4. The molecule has 0 spiro atoms. The zero-order valence-corrected chi connectivity index (χ0v) is 12.3. The first-order valence-corrected chi connectivity index (χ1v) is 5.87. The Hall–Kier alpha value is -2.41. The number of amides is 1. The molecule has 7 heteroatoms. The number of aliphatic hydroxyl groups is 1. The average molecular weight is 299 g/mol. The van der Waals surface area contributed by atoms with Crippen molar-refractivity contribution in [3.63, 3.8) is 0 Å². The van der Waals surface area contributed by atoms with Gasteiger partial charge in [-0.25, -0.2) is 9.59 Å². The third kappa shape index (κ3) is 13.8. The van der Waals surface area contributed by atoms with Crippen LogP contribution in [0.25, 0.3) is 0 Å². The maximum atomic E-state index is 10.9. The van der Waals surface area contributed by atoms with Gasteiger partial charge in [-0.3, -0.25) is 4.79 Å². The monoisotopic (exact) mass is 299 g/mol. The van der Waals surface area contributed by atoms with Crippen LogP contribution in [0.2, 0.25) is 0 Å². The first-order chi connectivity index (χ1) is 9.61. The molecule has 118 valence electrons. The van der Waals surface area contributed by atoms with E-state index in [2.05, 4.69) is 34.9 Å². The lowest BCUT2D eigenvalue weighted by atomic mass is 10.3. The molecule has 0 aromatic rings. The van der Waals surface area contributed by atoms with E-state index in [1.54, 1.807) is 0 Å². The third-order valence-corrected chi connectivity index (χ3v) is 1.71. The van der Waals surface area contributed by atoms with Crippen molar-refractivity contribution in [1.82, 2.24) is 0 Å². The second kappa shape index (κ2) is 11.4. The Bertz CT molecular complexity index is 397. The van der Waals surface area contributed by atoms with Crippen LogP contribution in [0, 0.1) is 0 Å². The molecule has 1 amide bonds. The van der Waals surface area contributed by atoms with E-state index in [0.717, 1.165) is 6.08 Å². The summed E-state index contributed by atoms with van der Waals surface area (Å²) in [6, 6.07) is 0. The van der Waals surface area contributed by atoms with Gasteiger partial charge in [0.15, 0.2) is 0 Å². The molecule has 7 nitrogen and oxygen atoms in total. The lowest BCUT2D eigenvalue weighted by Crippen LogP contribution is -2.25. The van der Waals surface area contributed by atoms with Gasteiger partial charge in [0.25, 0.3) is 0 Å². The number of hydrogen-bond acceptors (Lipinski definition) is 6. The van der Waals surface area contributed by atoms with Gasteiger partial charge in [0, 0.05) is 11.1 Å². The summed E-state index contributed by atoms with van der Waals surface area (Å²) in [5, 5.41) is 9.30. The van der Waals surface area contributed by atoms with Gasteiger partial charge in [-0.15, -0.1) is 0 Å². The van der Waals surface area contributed by atoms with Gasteiger partial charge < -0.3 is 20.3 Å². The van der Waals surface area contributed by atoms with Crippen LogP contribution >= 0.6 is 0 Å². The Morgan fingerprint density at radius 3 is 1.57 bits per heavy atom. The van der Waals surface area contributed by atoms with Crippen LogP contribution in [0.5, 0.6) is 0 Å². The van der Waals surface area contributed by atoms with E-state index < -0.39 is 23.9 Å². The minimum absolute atomic E-state index is 0.241. The van der Waals surface area contributed by atoms with Crippen LogP contribution in [-0.2, 0) is 23.9 Å². The van der Waals surface area contributed by atoms with Crippen LogP contribution in [0.1, 0.15) is 13.8 Å². The molecule has 0 aromatic carbocycles. The molecule has 21 heavy (non-hydrogen) atoms. The molecule has 0 heterocycles. The van der Waals surface area contributed by atoms with Gasteiger partial charge in [0.1, 0.15) is 19.3 Å². The fourth-order valence-corrected chi connectivity index (χ4v) is 0.638. The number of esters is 2. The standard InChI is InChI=1S/C11H16O5.C3H5NO/c1-7(2)10(13)15-5-9(12)6-16-11(14)8(3)4;1-2-3(4)5/h9,12H,1,3,5-6H2,2,4H3;2H,1H2,(H2,4,5). The molecule has 0 bridgehead atoms. The van der Waals surface area contributed by atoms with E-state index in [-0.39, 0.29) is 24.4 Å². The average Bonchev–Trinajstić information content (AvgIpc) is 2.42. The summed E-state index contributed by atoms with van der Waals surface area (Å²) in [5.41, 5.74) is 5.02. The van der Waals surface area contributed by atoms with Crippen molar-refractivity contribution in [2.45, 2.75) is 20.0 Å². The molecular weight excluding hydrogens is 278 g/mol. The van der Waals surface area contributed by atoms with Crippen molar-refractivity contribution < 1.29 is 29.0 Å². The van der Waals surface area contributed by atoms with Crippen molar-refractivity contribution in [3.8, 4) is 0 Å². The van der Waals surface area contributed by atoms with E-state index in [4.69, 9.17) is 0 Å². The number of ether oxygens (including phenoxy) is 2. The Labute approximate surface area is 123 Å². The predicted molar refractivity (Wildman–Crippen MR) is 76.9 cm³/mol. The summed E-state index contributed by atoms with van der Waals surface area (Å²) in [6.07, 6.45) is 0.00611. The van der Waals surface area contributed by atoms with Gasteiger partial charge in [-0.05, 0) is 19.9 Å². The number of aliphatic hydroxyl groups excluding tert-OH is 1. The van der Waals surface area contributed by atoms with Crippen molar-refractivity contribution in [1.29, 1.82) is 0 Å². The number of carbonyl (C=O) groups is 3. The number of nitrogens with two attached hydrogens (primary N) is 1. The van der Waals surface area contributed by atoms with Crippen molar-refractivity contribution in [3.05, 3.63) is 37.0 Å². The molecule has 0 saturated heterocycles. The highest BCUT2D eigenvalue weighted by molar-refractivity contribution is 5.87. The summed E-state index contributed by atoms with van der Waals surface area (Å²) >= 11 is 0. The summed E-state index contributed by atoms with van der Waals surface area (Å²) in [5.74, 6) is -1.67. The first-order valence-electron chi connectivity index (χ1n) is 5.87.